The third-order valence-corrected chi connectivity index (χ3v) is 4.40. The number of benzene rings is 2. The van der Waals surface area contributed by atoms with E-state index in [1.807, 2.05) is 42.7 Å². The van der Waals surface area contributed by atoms with Crippen molar-refractivity contribution in [3.05, 3.63) is 72.3 Å². The molecule has 0 aliphatic heterocycles. The summed E-state index contributed by atoms with van der Waals surface area (Å²) in [7, 11) is 1.65. The van der Waals surface area contributed by atoms with Crippen molar-refractivity contribution in [3.8, 4) is 28.0 Å². The first-order valence-electron chi connectivity index (χ1n) is 8.04. The molecule has 3 nitrogen and oxygen atoms in total. The Bertz CT molecular complexity index is 1070. The lowest BCUT2D eigenvalue weighted by Crippen LogP contribution is -1.86. The zero-order chi connectivity index (χ0) is 17.4. The average Bonchev–Trinajstić information content (AvgIpc) is 3.07. The van der Waals surface area contributed by atoms with Gasteiger partial charge in [0.25, 0.3) is 0 Å². The minimum Gasteiger partial charge on any atom is -0.497 e. The van der Waals surface area contributed by atoms with Crippen LogP contribution in [0.3, 0.4) is 0 Å². The van der Waals surface area contributed by atoms with E-state index in [1.54, 1.807) is 20.1 Å². The zero-order valence-corrected chi connectivity index (χ0v) is 14.0. The fourth-order valence-corrected chi connectivity index (χ4v) is 3.01. The number of ether oxygens (including phenoxy) is 1. The maximum absolute atomic E-state index is 13.6. The Morgan fingerprint density at radius 2 is 1.88 bits per heavy atom. The molecule has 0 radical (unpaired) electrons. The van der Waals surface area contributed by atoms with Crippen LogP contribution in [0.1, 0.15) is 5.56 Å². The van der Waals surface area contributed by atoms with Crippen LogP contribution in [0, 0.1) is 12.7 Å². The summed E-state index contributed by atoms with van der Waals surface area (Å²) < 4.78 is 18.9. The zero-order valence-electron chi connectivity index (χ0n) is 14.0. The van der Waals surface area contributed by atoms with E-state index in [2.05, 4.69) is 16.0 Å². The molecule has 2 aromatic carbocycles. The second-order valence-electron chi connectivity index (χ2n) is 6.02. The van der Waals surface area contributed by atoms with Crippen LogP contribution in [-0.4, -0.2) is 17.1 Å². The van der Waals surface area contributed by atoms with E-state index in [9.17, 15) is 4.39 Å². The number of nitrogens with one attached hydrogen (secondary N) is 1. The molecule has 2 heterocycles. The smallest absolute Gasteiger partial charge is 0.137 e. The van der Waals surface area contributed by atoms with E-state index in [0.717, 1.165) is 39.0 Å². The standard InChI is InChI=1S/C21H17FN2O/c1-13-8-15(6-7-20(13)22)19-12-24-21-18(19)10-16(11-23-21)14-4-3-5-17(9-14)25-2/h3-12H,1-2H3,(H,23,24). The molecule has 1 N–H and O–H groups in total. The highest BCUT2D eigenvalue weighted by Gasteiger charge is 2.10. The van der Waals surface area contributed by atoms with Crippen LogP contribution in [0.4, 0.5) is 4.39 Å². The number of H-pyrrole nitrogens is 1. The van der Waals surface area contributed by atoms with Crippen LogP contribution in [-0.2, 0) is 0 Å². The third-order valence-electron chi connectivity index (χ3n) is 4.40. The van der Waals surface area contributed by atoms with Crippen molar-refractivity contribution < 1.29 is 9.13 Å². The van der Waals surface area contributed by atoms with Crippen molar-refractivity contribution in [3.63, 3.8) is 0 Å². The highest BCUT2D eigenvalue weighted by Crippen LogP contribution is 2.32. The first-order chi connectivity index (χ1) is 12.2. The van der Waals surface area contributed by atoms with Gasteiger partial charge >= 0.3 is 0 Å². The Balaban J connectivity index is 1.86. The van der Waals surface area contributed by atoms with Crippen LogP contribution < -0.4 is 4.74 Å². The number of rotatable bonds is 3. The summed E-state index contributed by atoms with van der Waals surface area (Å²) in [6, 6.07) is 15.1. The predicted octanol–water partition coefficient (Wildman–Crippen LogP) is 5.35. The Hall–Kier alpha value is -3.14. The van der Waals surface area contributed by atoms with Gasteiger partial charge in [-0.05, 0) is 53.9 Å². The number of nitrogens with zero attached hydrogens (tertiary/aromatic N) is 1. The topological polar surface area (TPSA) is 37.9 Å². The normalized spacial score (nSPS) is 11.0. The van der Waals surface area contributed by atoms with Crippen LogP contribution in [0.2, 0.25) is 0 Å². The number of aromatic nitrogens is 2. The molecule has 0 spiro atoms. The SMILES string of the molecule is COc1cccc(-c2cnc3[nH]cc(-c4ccc(F)c(C)c4)c3c2)c1. The summed E-state index contributed by atoms with van der Waals surface area (Å²) in [6.07, 6.45) is 3.76. The number of hydrogen-bond acceptors (Lipinski definition) is 2. The van der Waals surface area contributed by atoms with Crippen molar-refractivity contribution in [2.75, 3.05) is 7.11 Å². The molecule has 0 saturated heterocycles. The number of hydrogen-bond donors (Lipinski definition) is 1. The van der Waals surface area contributed by atoms with Crippen molar-refractivity contribution in [1.29, 1.82) is 0 Å². The number of aryl methyl sites for hydroxylation is 1. The Kier molecular flexibility index (Phi) is 3.73. The van der Waals surface area contributed by atoms with Gasteiger partial charge in [0.1, 0.15) is 17.2 Å². The maximum atomic E-state index is 13.6. The molecular weight excluding hydrogens is 315 g/mol. The van der Waals surface area contributed by atoms with Crippen molar-refractivity contribution >= 4 is 11.0 Å². The monoisotopic (exact) mass is 332 g/mol. The van der Waals surface area contributed by atoms with Crippen molar-refractivity contribution in [2.45, 2.75) is 6.92 Å². The van der Waals surface area contributed by atoms with Gasteiger partial charge in [-0.1, -0.05) is 18.2 Å². The lowest BCUT2D eigenvalue weighted by atomic mass is 10.0. The summed E-state index contributed by atoms with van der Waals surface area (Å²) in [5.41, 5.74) is 5.46. The number of pyridine rings is 1. The van der Waals surface area contributed by atoms with Crippen molar-refractivity contribution in [1.82, 2.24) is 9.97 Å². The summed E-state index contributed by atoms with van der Waals surface area (Å²) in [4.78, 5) is 7.72. The van der Waals surface area contributed by atoms with E-state index in [1.165, 1.54) is 6.07 Å². The molecule has 4 aromatic rings. The molecule has 0 atom stereocenters. The predicted molar refractivity (Wildman–Crippen MR) is 98.2 cm³/mol. The van der Waals surface area contributed by atoms with Gasteiger partial charge in [0, 0.05) is 28.9 Å². The number of fused-ring (bicyclic) bond motifs is 1. The molecule has 0 aliphatic carbocycles. The lowest BCUT2D eigenvalue weighted by molar-refractivity contribution is 0.415. The molecule has 25 heavy (non-hydrogen) atoms. The molecular formula is C21H17FN2O. The second kappa shape index (κ2) is 6.06. The molecule has 0 bridgehead atoms. The molecule has 4 rings (SSSR count). The third kappa shape index (κ3) is 2.76. The van der Waals surface area contributed by atoms with Gasteiger partial charge in [0.2, 0.25) is 0 Å². The van der Waals surface area contributed by atoms with Gasteiger partial charge < -0.3 is 9.72 Å². The molecule has 0 saturated carbocycles. The first-order valence-corrected chi connectivity index (χ1v) is 8.04. The minimum atomic E-state index is -0.196. The van der Waals surface area contributed by atoms with E-state index in [4.69, 9.17) is 4.74 Å². The Labute approximate surface area is 145 Å². The second-order valence-corrected chi connectivity index (χ2v) is 6.02. The van der Waals surface area contributed by atoms with Gasteiger partial charge in [0.15, 0.2) is 0 Å². The number of halogens is 1. The first kappa shape index (κ1) is 15.4. The molecule has 0 fully saturated rings. The molecule has 2 aromatic heterocycles. The van der Waals surface area contributed by atoms with E-state index in [0.29, 0.717) is 5.56 Å². The fourth-order valence-electron chi connectivity index (χ4n) is 3.01. The fraction of sp³-hybridized carbons (Fsp3) is 0.0952. The van der Waals surface area contributed by atoms with Gasteiger partial charge in [0.05, 0.1) is 7.11 Å². The van der Waals surface area contributed by atoms with Crippen LogP contribution in [0.15, 0.2) is 60.9 Å². The van der Waals surface area contributed by atoms with Crippen LogP contribution in [0.5, 0.6) is 5.75 Å². The average molecular weight is 332 g/mol. The molecule has 4 heteroatoms. The molecule has 124 valence electrons. The van der Waals surface area contributed by atoms with Crippen LogP contribution >= 0.6 is 0 Å². The Morgan fingerprint density at radius 3 is 2.68 bits per heavy atom. The minimum absolute atomic E-state index is 0.196. The summed E-state index contributed by atoms with van der Waals surface area (Å²) >= 11 is 0. The summed E-state index contributed by atoms with van der Waals surface area (Å²) in [6.45, 7) is 1.77. The van der Waals surface area contributed by atoms with Gasteiger partial charge in [-0.3, -0.25) is 0 Å². The highest BCUT2D eigenvalue weighted by atomic mass is 19.1. The van der Waals surface area contributed by atoms with Gasteiger partial charge in [-0.15, -0.1) is 0 Å². The lowest BCUT2D eigenvalue weighted by Gasteiger charge is -2.06. The largest absolute Gasteiger partial charge is 0.497 e. The van der Waals surface area contributed by atoms with E-state index in [-0.39, 0.29) is 5.82 Å². The quantitative estimate of drug-likeness (QED) is 0.549. The maximum Gasteiger partial charge on any atom is 0.137 e. The summed E-state index contributed by atoms with van der Waals surface area (Å²) in [5.74, 6) is 0.611. The highest BCUT2D eigenvalue weighted by molar-refractivity contribution is 5.95. The molecule has 0 amide bonds. The van der Waals surface area contributed by atoms with Gasteiger partial charge in [-0.2, -0.15) is 0 Å². The molecule has 0 aliphatic rings. The molecule has 0 unspecified atom stereocenters. The van der Waals surface area contributed by atoms with E-state index >= 15 is 0 Å². The Morgan fingerprint density at radius 1 is 1.00 bits per heavy atom. The van der Waals surface area contributed by atoms with Crippen LogP contribution in [0.25, 0.3) is 33.3 Å². The number of methoxy groups -OCH3 is 1. The number of aromatic amines is 1. The summed E-state index contributed by atoms with van der Waals surface area (Å²) in [5, 5.41) is 1.01. The van der Waals surface area contributed by atoms with Gasteiger partial charge in [-0.25, -0.2) is 9.37 Å². The van der Waals surface area contributed by atoms with E-state index < -0.39 is 0 Å². The van der Waals surface area contributed by atoms with Crippen molar-refractivity contribution in [2.24, 2.45) is 0 Å².